The standard InChI is InChI=1S/C27H24N6O3/c1-15-7-9-18-17(11-12-29-26(18)32-16-8-10-21(35-2)22(13-16)36-3)23(15)33-27(34)20-6-4-5-19-24(20)30-14-31-25(19)28/h4-14H,1-3H3,(H,29,32)(H,33,34)(H2,28,30,31). The Balaban J connectivity index is 1.53. The smallest absolute Gasteiger partial charge is 0.257 e. The molecule has 0 bridgehead atoms. The molecule has 0 fully saturated rings. The number of para-hydroxylation sites is 1. The Morgan fingerprint density at radius 2 is 1.72 bits per heavy atom. The lowest BCUT2D eigenvalue weighted by atomic mass is 10.0. The van der Waals surface area contributed by atoms with Crippen molar-refractivity contribution in [3.8, 4) is 11.5 Å². The fourth-order valence-corrected chi connectivity index (χ4v) is 4.15. The second kappa shape index (κ2) is 9.38. The Morgan fingerprint density at radius 1 is 0.889 bits per heavy atom. The monoisotopic (exact) mass is 480 g/mol. The van der Waals surface area contributed by atoms with Gasteiger partial charge in [-0.3, -0.25) is 4.79 Å². The number of hydrogen-bond acceptors (Lipinski definition) is 8. The van der Waals surface area contributed by atoms with E-state index in [2.05, 4.69) is 25.6 Å². The van der Waals surface area contributed by atoms with Crippen molar-refractivity contribution in [1.29, 1.82) is 0 Å². The van der Waals surface area contributed by atoms with Gasteiger partial charge in [-0.1, -0.05) is 18.2 Å². The van der Waals surface area contributed by atoms with Gasteiger partial charge < -0.3 is 25.8 Å². The molecule has 0 atom stereocenters. The van der Waals surface area contributed by atoms with E-state index >= 15 is 0 Å². The van der Waals surface area contributed by atoms with Crippen LogP contribution in [0.5, 0.6) is 11.5 Å². The second-order valence-corrected chi connectivity index (χ2v) is 8.12. The maximum Gasteiger partial charge on any atom is 0.257 e. The molecule has 2 heterocycles. The molecule has 0 saturated heterocycles. The van der Waals surface area contributed by atoms with Crippen LogP contribution in [0.2, 0.25) is 0 Å². The fourth-order valence-electron chi connectivity index (χ4n) is 4.15. The molecule has 1 amide bonds. The molecule has 2 aromatic heterocycles. The molecule has 0 unspecified atom stereocenters. The Bertz CT molecular complexity index is 1620. The van der Waals surface area contributed by atoms with Gasteiger partial charge in [0.1, 0.15) is 18.0 Å². The third kappa shape index (κ3) is 4.07. The summed E-state index contributed by atoms with van der Waals surface area (Å²) < 4.78 is 10.7. The maximum atomic E-state index is 13.4. The number of amides is 1. The van der Waals surface area contributed by atoms with E-state index in [0.717, 1.165) is 22.0 Å². The molecule has 36 heavy (non-hydrogen) atoms. The highest BCUT2D eigenvalue weighted by atomic mass is 16.5. The highest BCUT2D eigenvalue weighted by molar-refractivity contribution is 6.16. The van der Waals surface area contributed by atoms with Crippen LogP contribution >= 0.6 is 0 Å². The molecular formula is C27H24N6O3. The van der Waals surface area contributed by atoms with Crippen molar-refractivity contribution in [2.75, 3.05) is 30.6 Å². The number of carbonyl (C=O) groups is 1. The molecule has 4 N–H and O–H groups in total. The van der Waals surface area contributed by atoms with Crippen molar-refractivity contribution >= 4 is 50.6 Å². The first kappa shape index (κ1) is 22.9. The van der Waals surface area contributed by atoms with Crippen molar-refractivity contribution in [2.45, 2.75) is 6.92 Å². The molecule has 0 aliphatic carbocycles. The van der Waals surface area contributed by atoms with E-state index in [0.29, 0.717) is 45.3 Å². The number of anilines is 4. The zero-order valence-corrected chi connectivity index (χ0v) is 20.0. The Labute approximate surface area is 207 Å². The largest absolute Gasteiger partial charge is 0.493 e. The number of hydrogen-bond donors (Lipinski definition) is 3. The highest BCUT2D eigenvalue weighted by Gasteiger charge is 2.17. The number of ether oxygens (including phenoxy) is 2. The van der Waals surface area contributed by atoms with E-state index in [1.807, 2.05) is 43.3 Å². The molecule has 0 aliphatic rings. The zero-order chi connectivity index (χ0) is 25.2. The summed E-state index contributed by atoms with van der Waals surface area (Å²) in [6.07, 6.45) is 3.06. The summed E-state index contributed by atoms with van der Waals surface area (Å²) in [6.45, 7) is 1.94. The SMILES string of the molecule is COc1ccc(Nc2nccc3c(NC(=O)c4cccc5c(N)ncnc45)c(C)ccc23)cc1OC. The Morgan fingerprint density at radius 3 is 2.53 bits per heavy atom. The van der Waals surface area contributed by atoms with E-state index in [9.17, 15) is 4.79 Å². The molecule has 0 aliphatic heterocycles. The summed E-state index contributed by atoms with van der Waals surface area (Å²) in [6, 6.07) is 16.6. The van der Waals surface area contributed by atoms with Crippen LogP contribution in [0.25, 0.3) is 21.7 Å². The van der Waals surface area contributed by atoms with Crippen LogP contribution in [-0.2, 0) is 0 Å². The molecule has 9 nitrogen and oxygen atoms in total. The first-order chi connectivity index (χ1) is 17.5. The number of nitrogens with one attached hydrogen (secondary N) is 2. The van der Waals surface area contributed by atoms with Gasteiger partial charge in [-0.05, 0) is 42.8 Å². The molecule has 5 aromatic rings. The molecular weight excluding hydrogens is 456 g/mol. The second-order valence-electron chi connectivity index (χ2n) is 8.12. The maximum absolute atomic E-state index is 13.4. The predicted molar refractivity (Wildman–Crippen MR) is 141 cm³/mol. The molecule has 3 aromatic carbocycles. The number of nitrogen functional groups attached to an aromatic ring is 1. The van der Waals surface area contributed by atoms with Gasteiger partial charge in [0.05, 0.1) is 31.0 Å². The summed E-state index contributed by atoms with van der Waals surface area (Å²) >= 11 is 0. The minimum absolute atomic E-state index is 0.291. The van der Waals surface area contributed by atoms with Gasteiger partial charge in [-0.15, -0.1) is 0 Å². The van der Waals surface area contributed by atoms with Crippen LogP contribution < -0.4 is 25.8 Å². The highest BCUT2D eigenvalue weighted by Crippen LogP contribution is 2.35. The van der Waals surface area contributed by atoms with Crippen molar-refractivity contribution in [3.63, 3.8) is 0 Å². The van der Waals surface area contributed by atoms with Crippen LogP contribution in [0, 0.1) is 6.92 Å². The Kier molecular flexibility index (Phi) is 5.95. The summed E-state index contributed by atoms with van der Waals surface area (Å²) in [4.78, 5) is 26.2. The summed E-state index contributed by atoms with van der Waals surface area (Å²) in [5.41, 5.74) is 9.27. The Hall–Kier alpha value is -4.92. The number of pyridine rings is 1. The number of aryl methyl sites for hydroxylation is 1. The topological polar surface area (TPSA) is 124 Å². The van der Waals surface area contributed by atoms with Gasteiger partial charge in [0.15, 0.2) is 11.5 Å². The number of nitrogens with zero attached hydrogens (tertiary/aromatic N) is 3. The van der Waals surface area contributed by atoms with Gasteiger partial charge in [-0.2, -0.15) is 0 Å². The number of benzene rings is 3. The first-order valence-corrected chi connectivity index (χ1v) is 11.2. The number of methoxy groups -OCH3 is 2. The van der Waals surface area contributed by atoms with Crippen LogP contribution in [-0.4, -0.2) is 35.1 Å². The van der Waals surface area contributed by atoms with E-state index in [1.54, 1.807) is 38.6 Å². The van der Waals surface area contributed by atoms with Crippen molar-refractivity contribution in [1.82, 2.24) is 15.0 Å². The third-order valence-corrected chi connectivity index (χ3v) is 5.98. The average Bonchev–Trinajstić information content (AvgIpc) is 2.90. The van der Waals surface area contributed by atoms with Gasteiger partial charge in [-0.25, -0.2) is 15.0 Å². The van der Waals surface area contributed by atoms with Crippen LogP contribution in [0.1, 0.15) is 15.9 Å². The normalized spacial score (nSPS) is 10.9. The van der Waals surface area contributed by atoms with Crippen molar-refractivity contribution in [2.24, 2.45) is 0 Å². The van der Waals surface area contributed by atoms with E-state index in [-0.39, 0.29) is 5.91 Å². The van der Waals surface area contributed by atoms with E-state index in [1.165, 1.54) is 6.33 Å². The minimum atomic E-state index is -0.291. The third-order valence-electron chi connectivity index (χ3n) is 5.98. The molecule has 0 saturated carbocycles. The molecule has 9 heteroatoms. The average molecular weight is 481 g/mol. The van der Waals surface area contributed by atoms with Crippen molar-refractivity contribution in [3.05, 3.63) is 78.2 Å². The lowest BCUT2D eigenvalue weighted by molar-refractivity contribution is 0.102. The van der Waals surface area contributed by atoms with Crippen LogP contribution in [0.4, 0.5) is 23.0 Å². The van der Waals surface area contributed by atoms with Gasteiger partial charge in [0.25, 0.3) is 5.91 Å². The van der Waals surface area contributed by atoms with E-state index in [4.69, 9.17) is 15.2 Å². The number of nitrogens with two attached hydrogens (primary N) is 1. The number of fused-ring (bicyclic) bond motifs is 2. The zero-order valence-electron chi connectivity index (χ0n) is 20.0. The van der Waals surface area contributed by atoms with Gasteiger partial charge >= 0.3 is 0 Å². The quantitative estimate of drug-likeness (QED) is 0.307. The van der Waals surface area contributed by atoms with Crippen LogP contribution in [0.3, 0.4) is 0 Å². The molecule has 5 rings (SSSR count). The van der Waals surface area contributed by atoms with E-state index < -0.39 is 0 Å². The molecule has 0 spiro atoms. The lowest BCUT2D eigenvalue weighted by Gasteiger charge is -2.16. The van der Waals surface area contributed by atoms with Crippen molar-refractivity contribution < 1.29 is 14.3 Å². The minimum Gasteiger partial charge on any atom is -0.493 e. The fraction of sp³-hybridized carbons (Fsp3) is 0.111. The lowest BCUT2D eigenvalue weighted by Crippen LogP contribution is -2.14. The summed E-state index contributed by atoms with van der Waals surface area (Å²) in [5, 5.41) is 8.74. The van der Waals surface area contributed by atoms with Gasteiger partial charge in [0, 0.05) is 34.1 Å². The molecule has 180 valence electrons. The summed E-state index contributed by atoms with van der Waals surface area (Å²) in [5.74, 6) is 1.91. The first-order valence-electron chi connectivity index (χ1n) is 11.2. The molecule has 0 radical (unpaired) electrons. The van der Waals surface area contributed by atoms with Gasteiger partial charge in [0.2, 0.25) is 0 Å². The number of carbonyl (C=O) groups excluding carboxylic acids is 1. The number of rotatable bonds is 6. The number of aromatic nitrogens is 3. The van der Waals surface area contributed by atoms with Crippen LogP contribution in [0.15, 0.2) is 67.1 Å². The predicted octanol–water partition coefficient (Wildman–Crippen LogP) is 5.08. The summed E-state index contributed by atoms with van der Waals surface area (Å²) in [7, 11) is 3.18.